The van der Waals surface area contributed by atoms with Gasteiger partial charge >= 0.3 is 12.3 Å². The maximum Gasteiger partial charge on any atom is 0.573 e. The number of hydrogen-bond acceptors (Lipinski definition) is 5. The van der Waals surface area contributed by atoms with Crippen LogP contribution in [0.15, 0.2) is 71.8 Å². The number of rotatable bonds is 6. The van der Waals surface area contributed by atoms with Crippen molar-refractivity contribution in [3.05, 3.63) is 72.6 Å². The predicted octanol–water partition coefficient (Wildman–Crippen LogP) is 4.63. The van der Waals surface area contributed by atoms with E-state index >= 15 is 0 Å². The number of carboxylic acid groups (broad SMARTS) is 1. The molecule has 33 heavy (non-hydrogen) atoms. The zero-order chi connectivity index (χ0) is 23.8. The quantitative estimate of drug-likeness (QED) is 0.372. The van der Waals surface area contributed by atoms with Crippen molar-refractivity contribution in [2.24, 2.45) is 0 Å². The Morgan fingerprint density at radius 2 is 1.73 bits per heavy atom. The number of sulfonamides is 1. The van der Waals surface area contributed by atoms with Crippen molar-refractivity contribution in [3.8, 4) is 16.9 Å². The number of nitrogens with one attached hydrogen (secondary N) is 2. The summed E-state index contributed by atoms with van der Waals surface area (Å²) in [6, 6.07) is 13.7. The number of nitrogens with zero attached hydrogens (tertiary/aromatic N) is 1. The zero-order valence-corrected chi connectivity index (χ0v) is 17.2. The monoisotopic (exact) mass is 477 g/mol. The second kappa shape index (κ2) is 8.13. The smallest absolute Gasteiger partial charge is 0.477 e. The summed E-state index contributed by atoms with van der Waals surface area (Å²) in [5.74, 6) is -1.78. The van der Waals surface area contributed by atoms with Gasteiger partial charge in [0.25, 0.3) is 10.0 Å². The number of aromatic carboxylic acids is 1. The lowest BCUT2D eigenvalue weighted by molar-refractivity contribution is -0.274. The minimum atomic E-state index is -4.90. The third-order valence-electron chi connectivity index (χ3n) is 4.55. The molecule has 0 spiro atoms. The number of anilines is 1. The fourth-order valence-corrected chi connectivity index (χ4v) is 4.26. The second-order valence-corrected chi connectivity index (χ2v) is 8.47. The summed E-state index contributed by atoms with van der Waals surface area (Å²) in [5.41, 5.74) is 1.08. The van der Waals surface area contributed by atoms with Gasteiger partial charge in [-0.05, 0) is 35.9 Å². The number of hydrogen-bond donors (Lipinski definition) is 3. The minimum absolute atomic E-state index is 0.0336. The molecule has 0 aliphatic heterocycles. The van der Waals surface area contributed by atoms with E-state index in [4.69, 9.17) is 0 Å². The lowest BCUT2D eigenvalue weighted by Crippen LogP contribution is -2.17. The van der Waals surface area contributed by atoms with Crippen LogP contribution in [-0.2, 0) is 10.0 Å². The Morgan fingerprint density at radius 1 is 1.06 bits per heavy atom. The summed E-state index contributed by atoms with van der Waals surface area (Å²) in [7, 11) is -4.18. The molecule has 2 aromatic heterocycles. The van der Waals surface area contributed by atoms with E-state index in [1.165, 1.54) is 12.3 Å². The van der Waals surface area contributed by atoms with Gasteiger partial charge in [0.05, 0.1) is 16.8 Å². The molecule has 0 atom stereocenters. The predicted molar refractivity (Wildman–Crippen MR) is 112 cm³/mol. The number of ether oxygens (including phenoxy) is 1. The van der Waals surface area contributed by atoms with Crippen LogP contribution in [0.1, 0.15) is 10.5 Å². The van der Waals surface area contributed by atoms with Gasteiger partial charge in [0.15, 0.2) is 0 Å². The van der Waals surface area contributed by atoms with Crippen LogP contribution in [0.25, 0.3) is 22.2 Å². The summed E-state index contributed by atoms with van der Waals surface area (Å²) < 4.78 is 68.3. The van der Waals surface area contributed by atoms with Crippen molar-refractivity contribution in [1.82, 2.24) is 9.97 Å². The summed E-state index contributed by atoms with van der Waals surface area (Å²) in [6.07, 6.45) is -3.71. The van der Waals surface area contributed by atoms with Crippen molar-refractivity contribution in [2.75, 3.05) is 4.72 Å². The second-order valence-electron chi connectivity index (χ2n) is 6.79. The molecule has 3 N–H and O–H groups in total. The van der Waals surface area contributed by atoms with Gasteiger partial charge in [-0.1, -0.05) is 30.3 Å². The highest BCUT2D eigenvalue weighted by Gasteiger charge is 2.31. The molecule has 0 aliphatic rings. The Balaban J connectivity index is 1.70. The van der Waals surface area contributed by atoms with Crippen LogP contribution >= 0.6 is 0 Å². The summed E-state index contributed by atoms with van der Waals surface area (Å²) >= 11 is 0. The van der Waals surface area contributed by atoms with Gasteiger partial charge in [0.2, 0.25) is 0 Å². The van der Waals surface area contributed by atoms with Gasteiger partial charge in [-0.25, -0.2) is 18.2 Å². The molecule has 4 aromatic rings. The SMILES string of the molecule is O=C(O)c1[nH]c2ncc(NS(=O)(=O)c3ccc(OC(F)(F)F)cc3)cc2c1-c1ccccc1. The van der Waals surface area contributed by atoms with Crippen LogP contribution in [0.2, 0.25) is 0 Å². The number of halogens is 3. The molecule has 0 bridgehead atoms. The van der Waals surface area contributed by atoms with Crippen LogP contribution in [0.5, 0.6) is 5.75 Å². The fourth-order valence-electron chi connectivity index (χ4n) is 3.23. The molecule has 0 fully saturated rings. The molecule has 0 saturated carbocycles. The number of aromatic nitrogens is 2. The Morgan fingerprint density at radius 3 is 2.33 bits per heavy atom. The topological polar surface area (TPSA) is 121 Å². The van der Waals surface area contributed by atoms with Gasteiger partial charge in [-0.3, -0.25) is 4.72 Å². The minimum Gasteiger partial charge on any atom is -0.477 e. The van der Waals surface area contributed by atoms with Gasteiger partial charge in [-0.15, -0.1) is 13.2 Å². The summed E-state index contributed by atoms with van der Waals surface area (Å²) in [5, 5.41) is 9.94. The molecule has 2 heterocycles. The van der Waals surface area contributed by atoms with Crippen LogP contribution < -0.4 is 9.46 Å². The van der Waals surface area contributed by atoms with Crippen LogP contribution in [0.3, 0.4) is 0 Å². The highest BCUT2D eigenvalue weighted by Crippen LogP contribution is 2.33. The van der Waals surface area contributed by atoms with Gasteiger partial charge < -0.3 is 14.8 Å². The molecule has 4 rings (SSSR count). The number of alkyl halides is 3. The molecule has 8 nitrogen and oxygen atoms in total. The third-order valence-corrected chi connectivity index (χ3v) is 5.94. The molecule has 0 radical (unpaired) electrons. The Hall–Kier alpha value is -4.06. The molecule has 0 amide bonds. The maximum absolute atomic E-state index is 12.7. The van der Waals surface area contributed by atoms with E-state index < -0.39 is 28.1 Å². The number of aromatic amines is 1. The molecule has 2 aromatic carbocycles. The van der Waals surface area contributed by atoms with Crippen molar-refractivity contribution >= 4 is 32.7 Å². The van der Waals surface area contributed by atoms with Gasteiger partial charge in [0, 0.05) is 10.9 Å². The number of fused-ring (bicyclic) bond motifs is 1. The average molecular weight is 477 g/mol. The van der Waals surface area contributed by atoms with E-state index in [1.807, 2.05) is 0 Å². The van der Waals surface area contributed by atoms with E-state index in [2.05, 4.69) is 19.4 Å². The van der Waals surface area contributed by atoms with E-state index in [9.17, 15) is 31.5 Å². The number of benzene rings is 2. The normalized spacial score (nSPS) is 12.0. The van der Waals surface area contributed by atoms with Crippen LogP contribution in [-0.4, -0.2) is 35.8 Å². The number of carbonyl (C=O) groups is 1. The van der Waals surface area contributed by atoms with Crippen molar-refractivity contribution in [2.45, 2.75) is 11.3 Å². The van der Waals surface area contributed by atoms with Crippen molar-refractivity contribution in [1.29, 1.82) is 0 Å². The Labute approximate surface area is 184 Å². The van der Waals surface area contributed by atoms with E-state index in [1.54, 1.807) is 30.3 Å². The molecule has 0 unspecified atom stereocenters. The number of carboxylic acids is 1. The van der Waals surface area contributed by atoms with E-state index in [0.717, 1.165) is 24.3 Å². The Bertz CT molecular complexity index is 1430. The molecule has 12 heteroatoms. The largest absolute Gasteiger partial charge is 0.573 e. The maximum atomic E-state index is 12.7. The van der Waals surface area contributed by atoms with Crippen LogP contribution in [0.4, 0.5) is 18.9 Å². The third kappa shape index (κ3) is 4.75. The lowest BCUT2D eigenvalue weighted by atomic mass is 10.0. The first-order valence-electron chi connectivity index (χ1n) is 9.22. The first-order chi connectivity index (χ1) is 15.5. The highest BCUT2D eigenvalue weighted by atomic mass is 32.2. The van der Waals surface area contributed by atoms with Gasteiger partial charge in [-0.2, -0.15) is 0 Å². The average Bonchev–Trinajstić information content (AvgIpc) is 3.12. The summed E-state index contributed by atoms with van der Waals surface area (Å²) in [4.78, 5) is 18.2. The molecular formula is C21H14F3N3O5S. The molecule has 0 saturated heterocycles. The standard InChI is InChI=1S/C21H14F3N3O5S/c22-21(23,24)32-14-6-8-15(9-7-14)33(30,31)27-13-10-16-17(12-4-2-1-3-5-12)18(20(28)29)26-19(16)25-11-13/h1-11,27H,(H,25,26)(H,28,29). The number of pyridine rings is 1. The highest BCUT2D eigenvalue weighted by molar-refractivity contribution is 7.92. The first-order valence-corrected chi connectivity index (χ1v) is 10.7. The fraction of sp³-hybridized carbons (Fsp3) is 0.0476. The van der Waals surface area contributed by atoms with E-state index in [-0.39, 0.29) is 21.9 Å². The van der Waals surface area contributed by atoms with E-state index in [0.29, 0.717) is 16.5 Å². The van der Waals surface area contributed by atoms with Crippen molar-refractivity contribution in [3.63, 3.8) is 0 Å². The summed E-state index contributed by atoms with van der Waals surface area (Å²) in [6.45, 7) is 0. The van der Waals surface area contributed by atoms with Crippen LogP contribution in [0, 0.1) is 0 Å². The molecule has 0 aliphatic carbocycles. The lowest BCUT2D eigenvalue weighted by Gasteiger charge is -2.11. The first kappa shape index (κ1) is 22.1. The Kier molecular flexibility index (Phi) is 5.46. The molecular weight excluding hydrogens is 463 g/mol. The van der Waals surface area contributed by atoms with Gasteiger partial charge in [0.1, 0.15) is 17.1 Å². The number of H-pyrrole nitrogens is 1. The van der Waals surface area contributed by atoms with Crippen molar-refractivity contribution < 1.29 is 36.2 Å². The molecule has 170 valence electrons. The zero-order valence-electron chi connectivity index (χ0n) is 16.4.